The SMILES string of the molecule is CC(C)C1NC(C)(C)CO1. The van der Waals surface area contributed by atoms with Gasteiger partial charge in [0.25, 0.3) is 0 Å². The third-order valence-corrected chi connectivity index (χ3v) is 1.76. The maximum atomic E-state index is 5.52. The minimum absolute atomic E-state index is 0.176. The van der Waals surface area contributed by atoms with E-state index in [0.29, 0.717) is 5.92 Å². The number of hydrogen-bond donors (Lipinski definition) is 1. The van der Waals surface area contributed by atoms with Crippen molar-refractivity contribution in [3.8, 4) is 0 Å². The maximum Gasteiger partial charge on any atom is 0.111 e. The number of ether oxygens (including phenoxy) is 1. The molecule has 1 rings (SSSR count). The highest BCUT2D eigenvalue weighted by Gasteiger charge is 2.31. The van der Waals surface area contributed by atoms with Gasteiger partial charge in [-0.3, -0.25) is 5.32 Å². The third kappa shape index (κ3) is 1.70. The zero-order chi connectivity index (χ0) is 7.78. The quantitative estimate of drug-likeness (QED) is 0.598. The monoisotopic (exact) mass is 143 g/mol. The molecule has 0 spiro atoms. The molecule has 0 aromatic heterocycles. The van der Waals surface area contributed by atoms with Crippen molar-refractivity contribution in [3.05, 3.63) is 0 Å². The fourth-order valence-electron chi connectivity index (χ4n) is 1.13. The molecule has 1 N–H and O–H groups in total. The molecule has 2 nitrogen and oxygen atoms in total. The van der Waals surface area contributed by atoms with Gasteiger partial charge in [0, 0.05) is 5.54 Å². The molecular formula is C8H17NO. The van der Waals surface area contributed by atoms with Gasteiger partial charge in [0.05, 0.1) is 6.61 Å². The fraction of sp³-hybridized carbons (Fsp3) is 1.00. The van der Waals surface area contributed by atoms with E-state index < -0.39 is 0 Å². The normalized spacial score (nSPS) is 31.5. The molecule has 0 amide bonds. The first-order chi connectivity index (χ1) is 4.51. The zero-order valence-corrected chi connectivity index (χ0v) is 7.27. The second-order valence-corrected chi connectivity index (χ2v) is 4.00. The van der Waals surface area contributed by atoms with Crippen LogP contribution in [-0.2, 0) is 4.74 Å². The molecule has 1 aliphatic rings. The van der Waals surface area contributed by atoms with Gasteiger partial charge in [-0.05, 0) is 19.8 Å². The Labute approximate surface area is 63.0 Å². The summed E-state index contributed by atoms with van der Waals surface area (Å²) in [5.41, 5.74) is 0.176. The van der Waals surface area contributed by atoms with Gasteiger partial charge in [-0.2, -0.15) is 0 Å². The molecule has 1 saturated heterocycles. The number of hydrogen-bond acceptors (Lipinski definition) is 2. The van der Waals surface area contributed by atoms with E-state index >= 15 is 0 Å². The number of nitrogens with one attached hydrogen (secondary N) is 1. The molecule has 1 atom stereocenters. The highest BCUT2D eigenvalue weighted by atomic mass is 16.5. The van der Waals surface area contributed by atoms with Crippen LogP contribution in [-0.4, -0.2) is 18.4 Å². The highest BCUT2D eigenvalue weighted by Crippen LogP contribution is 2.18. The van der Waals surface area contributed by atoms with Crippen molar-refractivity contribution >= 4 is 0 Å². The molecule has 1 aliphatic heterocycles. The van der Waals surface area contributed by atoms with Crippen LogP contribution in [0.2, 0.25) is 0 Å². The van der Waals surface area contributed by atoms with Crippen molar-refractivity contribution in [2.75, 3.05) is 6.61 Å². The molecule has 0 saturated carbocycles. The van der Waals surface area contributed by atoms with E-state index in [4.69, 9.17) is 4.74 Å². The summed E-state index contributed by atoms with van der Waals surface area (Å²) in [5, 5.41) is 3.41. The molecule has 2 heteroatoms. The van der Waals surface area contributed by atoms with Crippen molar-refractivity contribution in [1.82, 2.24) is 5.32 Å². The summed E-state index contributed by atoms with van der Waals surface area (Å²) in [5.74, 6) is 0.571. The lowest BCUT2D eigenvalue weighted by Crippen LogP contribution is -2.40. The minimum Gasteiger partial charge on any atom is -0.361 e. The summed E-state index contributed by atoms with van der Waals surface area (Å²) >= 11 is 0. The van der Waals surface area contributed by atoms with Crippen molar-refractivity contribution in [2.24, 2.45) is 5.92 Å². The van der Waals surface area contributed by atoms with Crippen LogP contribution in [0.15, 0.2) is 0 Å². The molecule has 60 valence electrons. The molecule has 0 bridgehead atoms. The third-order valence-electron chi connectivity index (χ3n) is 1.76. The van der Waals surface area contributed by atoms with Gasteiger partial charge >= 0.3 is 0 Å². The van der Waals surface area contributed by atoms with Crippen LogP contribution in [0.5, 0.6) is 0 Å². The van der Waals surface area contributed by atoms with E-state index in [0.717, 1.165) is 6.61 Å². The Balaban J connectivity index is 2.43. The molecule has 10 heavy (non-hydrogen) atoms. The zero-order valence-electron chi connectivity index (χ0n) is 7.27. The van der Waals surface area contributed by atoms with Crippen molar-refractivity contribution in [3.63, 3.8) is 0 Å². The van der Waals surface area contributed by atoms with E-state index in [1.165, 1.54) is 0 Å². The van der Waals surface area contributed by atoms with Crippen LogP contribution in [0.25, 0.3) is 0 Å². The molecule has 1 unspecified atom stereocenters. The Hall–Kier alpha value is -0.0800. The Kier molecular flexibility index (Phi) is 2.02. The van der Waals surface area contributed by atoms with Crippen LogP contribution in [0.3, 0.4) is 0 Å². The Bertz CT molecular complexity index is 120. The van der Waals surface area contributed by atoms with E-state index in [9.17, 15) is 0 Å². The molecule has 1 heterocycles. The standard InChI is InChI=1S/C8H17NO/c1-6(2)7-9-8(3,4)5-10-7/h6-7,9H,5H2,1-4H3. The Morgan fingerprint density at radius 3 is 2.30 bits per heavy atom. The molecule has 0 aromatic carbocycles. The number of rotatable bonds is 1. The topological polar surface area (TPSA) is 21.3 Å². The molecule has 0 aliphatic carbocycles. The van der Waals surface area contributed by atoms with Gasteiger partial charge in [-0.15, -0.1) is 0 Å². The predicted molar refractivity (Wildman–Crippen MR) is 41.8 cm³/mol. The predicted octanol–water partition coefficient (Wildman–Crippen LogP) is 1.37. The maximum absolute atomic E-state index is 5.52. The minimum atomic E-state index is 0.176. The summed E-state index contributed by atoms with van der Waals surface area (Å²) in [4.78, 5) is 0. The first-order valence-electron chi connectivity index (χ1n) is 3.90. The van der Waals surface area contributed by atoms with Crippen molar-refractivity contribution in [2.45, 2.75) is 39.5 Å². The second-order valence-electron chi connectivity index (χ2n) is 4.00. The summed E-state index contributed by atoms with van der Waals surface area (Å²) < 4.78 is 5.52. The Morgan fingerprint density at radius 2 is 2.10 bits per heavy atom. The summed E-state index contributed by atoms with van der Waals surface area (Å²) in [6.45, 7) is 9.48. The molecular weight excluding hydrogens is 126 g/mol. The first-order valence-corrected chi connectivity index (χ1v) is 3.90. The van der Waals surface area contributed by atoms with Crippen LogP contribution in [0, 0.1) is 5.92 Å². The molecule has 0 aromatic rings. The van der Waals surface area contributed by atoms with E-state index in [1.54, 1.807) is 0 Å². The van der Waals surface area contributed by atoms with Crippen LogP contribution in [0.1, 0.15) is 27.7 Å². The summed E-state index contributed by atoms with van der Waals surface area (Å²) in [6.07, 6.45) is 0.259. The van der Waals surface area contributed by atoms with Gasteiger partial charge in [0.2, 0.25) is 0 Å². The summed E-state index contributed by atoms with van der Waals surface area (Å²) in [6, 6.07) is 0. The Morgan fingerprint density at radius 1 is 1.50 bits per heavy atom. The second kappa shape index (κ2) is 2.51. The van der Waals surface area contributed by atoms with Gasteiger partial charge in [-0.25, -0.2) is 0 Å². The van der Waals surface area contributed by atoms with Gasteiger partial charge in [0.1, 0.15) is 6.23 Å². The van der Waals surface area contributed by atoms with Crippen LogP contribution in [0.4, 0.5) is 0 Å². The van der Waals surface area contributed by atoms with E-state index in [1.807, 2.05) is 0 Å². The molecule has 0 radical (unpaired) electrons. The smallest absolute Gasteiger partial charge is 0.111 e. The average molecular weight is 143 g/mol. The average Bonchev–Trinajstić information content (AvgIpc) is 2.10. The largest absolute Gasteiger partial charge is 0.361 e. The van der Waals surface area contributed by atoms with E-state index in [-0.39, 0.29) is 11.8 Å². The van der Waals surface area contributed by atoms with Crippen molar-refractivity contribution < 1.29 is 4.74 Å². The van der Waals surface area contributed by atoms with Gasteiger partial charge in [-0.1, -0.05) is 13.8 Å². The lowest BCUT2D eigenvalue weighted by Gasteiger charge is -2.18. The molecule has 1 fully saturated rings. The summed E-state index contributed by atoms with van der Waals surface area (Å²) in [7, 11) is 0. The van der Waals surface area contributed by atoms with Gasteiger partial charge in [0.15, 0.2) is 0 Å². The fourth-order valence-corrected chi connectivity index (χ4v) is 1.13. The highest BCUT2D eigenvalue weighted by molar-refractivity contribution is 4.85. The lowest BCUT2D eigenvalue weighted by molar-refractivity contribution is 0.0636. The lowest BCUT2D eigenvalue weighted by atomic mass is 10.1. The van der Waals surface area contributed by atoms with Gasteiger partial charge < -0.3 is 4.74 Å². The van der Waals surface area contributed by atoms with Crippen LogP contribution < -0.4 is 5.32 Å². The van der Waals surface area contributed by atoms with Crippen molar-refractivity contribution in [1.29, 1.82) is 0 Å². The van der Waals surface area contributed by atoms with E-state index in [2.05, 4.69) is 33.0 Å². The first kappa shape index (κ1) is 8.02. The van der Waals surface area contributed by atoms with Crippen LogP contribution >= 0.6 is 0 Å².